The van der Waals surface area contributed by atoms with E-state index in [1.807, 2.05) is 0 Å². The summed E-state index contributed by atoms with van der Waals surface area (Å²) in [4.78, 5) is 22.8. The first-order valence-corrected chi connectivity index (χ1v) is 6.22. The van der Waals surface area contributed by atoms with E-state index in [2.05, 4.69) is 0 Å². The Morgan fingerprint density at radius 3 is 2.19 bits per heavy atom. The van der Waals surface area contributed by atoms with E-state index in [1.54, 1.807) is 12.1 Å². The zero-order valence-electron chi connectivity index (χ0n) is 11.9. The first-order valence-electron chi connectivity index (χ1n) is 6.22. The van der Waals surface area contributed by atoms with Crippen LogP contribution in [0.4, 0.5) is 0 Å². The number of carbonyl (C=O) groups excluding carboxylic acids is 1. The van der Waals surface area contributed by atoms with E-state index in [-0.39, 0.29) is 6.61 Å². The Bertz CT molecular complexity index is 541. The van der Waals surface area contributed by atoms with Crippen LogP contribution >= 0.6 is 0 Å². The highest BCUT2D eigenvalue weighted by Gasteiger charge is 2.43. The van der Waals surface area contributed by atoms with Crippen molar-refractivity contribution in [3.05, 3.63) is 17.7 Å². The molecule has 1 aromatic rings. The molecule has 0 radical (unpaired) electrons. The van der Waals surface area contributed by atoms with Crippen LogP contribution in [-0.2, 0) is 14.3 Å². The number of esters is 1. The number of aliphatic carboxylic acids is 1. The number of benzene rings is 1. The molecule has 21 heavy (non-hydrogen) atoms. The summed E-state index contributed by atoms with van der Waals surface area (Å²) in [6.07, 6.45) is 0. The molecule has 0 amide bonds. The molecule has 114 valence electrons. The molecule has 1 aromatic carbocycles. The molecule has 0 spiro atoms. The van der Waals surface area contributed by atoms with Crippen LogP contribution in [0.25, 0.3) is 0 Å². The fourth-order valence-corrected chi connectivity index (χ4v) is 2.40. The molecule has 0 bridgehead atoms. The predicted octanol–water partition coefficient (Wildman–Crippen LogP) is 1.05. The molecule has 2 rings (SSSR count). The number of carbonyl (C=O) groups is 2. The Hall–Kier alpha value is -2.44. The van der Waals surface area contributed by atoms with Crippen molar-refractivity contribution in [2.24, 2.45) is 5.92 Å². The zero-order valence-corrected chi connectivity index (χ0v) is 11.9. The number of hydrogen-bond donors (Lipinski definition) is 1. The number of rotatable bonds is 5. The van der Waals surface area contributed by atoms with Gasteiger partial charge in [-0.05, 0) is 17.7 Å². The molecule has 1 fully saturated rings. The summed E-state index contributed by atoms with van der Waals surface area (Å²) in [6, 6.07) is 3.26. The van der Waals surface area contributed by atoms with Crippen LogP contribution in [0.3, 0.4) is 0 Å². The maximum absolute atomic E-state index is 11.5. The van der Waals surface area contributed by atoms with Gasteiger partial charge in [0.2, 0.25) is 5.75 Å². The average Bonchev–Trinajstić information content (AvgIpc) is 2.87. The highest BCUT2D eigenvalue weighted by atomic mass is 16.5. The molecule has 0 aromatic heterocycles. The van der Waals surface area contributed by atoms with Crippen molar-refractivity contribution in [1.82, 2.24) is 0 Å². The van der Waals surface area contributed by atoms with Gasteiger partial charge in [0, 0.05) is 5.92 Å². The third-order valence-corrected chi connectivity index (χ3v) is 3.44. The number of carboxylic acids is 1. The second-order valence-corrected chi connectivity index (χ2v) is 4.51. The first-order chi connectivity index (χ1) is 10.0. The molecule has 0 saturated carbocycles. The number of cyclic esters (lactones) is 1. The van der Waals surface area contributed by atoms with Crippen LogP contribution in [0.15, 0.2) is 12.1 Å². The van der Waals surface area contributed by atoms with Crippen molar-refractivity contribution >= 4 is 11.9 Å². The maximum Gasteiger partial charge on any atom is 0.321 e. The summed E-state index contributed by atoms with van der Waals surface area (Å²) in [5.41, 5.74) is 0.586. The van der Waals surface area contributed by atoms with Gasteiger partial charge in [-0.15, -0.1) is 0 Å². The summed E-state index contributed by atoms with van der Waals surface area (Å²) >= 11 is 0. The van der Waals surface area contributed by atoms with Gasteiger partial charge in [-0.25, -0.2) is 0 Å². The molecule has 1 aliphatic rings. The molecule has 0 unspecified atom stereocenters. The molecule has 7 heteroatoms. The van der Waals surface area contributed by atoms with E-state index in [9.17, 15) is 14.7 Å². The van der Waals surface area contributed by atoms with Gasteiger partial charge in [-0.1, -0.05) is 0 Å². The van der Waals surface area contributed by atoms with Crippen molar-refractivity contribution in [1.29, 1.82) is 0 Å². The van der Waals surface area contributed by atoms with Crippen LogP contribution in [-0.4, -0.2) is 45.0 Å². The lowest BCUT2D eigenvalue weighted by Crippen LogP contribution is -2.24. The second kappa shape index (κ2) is 5.90. The van der Waals surface area contributed by atoms with E-state index in [0.29, 0.717) is 22.8 Å². The monoisotopic (exact) mass is 296 g/mol. The normalized spacial score (nSPS) is 20.8. The van der Waals surface area contributed by atoms with Crippen molar-refractivity contribution in [3.8, 4) is 17.2 Å². The first kappa shape index (κ1) is 15.0. The van der Waals surface area contributed by atoms with Crippen molar-refractivity contribution in [2.75, 3.05) is 27.9 Å². The summed E-state index contributed by atoms with van der Waals surface area (Å²) in [7, 11) is 4.40. The Labute approximate surface area is 121 Å². The lowest BCUT2D eigenvalue weighted by molar-refractivity contribution is -0.152. The molecule has 1 aliphatic heterocycles. The van der Waals surface area contributed by atoms with Gasteiger partial charge >= 0.3 is 11.9 Å². The predicted molar refractivity (Wildman–Crippen MR) is 70.9 cm³/mol. The maximum atomic E-state index is 11.5. The summed E-state index contributed by atoms with van der Waals surface area (Å²) < 4.78 is 20.5. The largest absolute Gasteiger partial charge is 0.493 e. The van der Waals surface area contributed by atoms with Gasteiger partial charge in [0.15, 0.2) is 17.4 Å². The number of methoxy groups -OCH3 is 3. The third kappa shape index (κ3) is 2.58. The van der Waals surface area contributed by atoms with E-state index in [1.165, 1.54) is 21.3 Å². The van der Waals surface area contributed by atoms with Crippen LogP contribution < -0.4 is 14.2 Å². The fourth-order valence-electron chi connectivity index (χ4n) is 2.40. The van der Waals surface area contributed by atoms with Gasteiger partial charge in [-0.3, -0.25) is 9.59 Å². The van der Waals surface area contributed by atoms with Crippen LogP contribution in [0, 0.1) is 5.92 Å². The highest BCUT2D eigenvalue weighted by Crippen LogP contribution is 2.42. The zero-order chi connectivity index (χ0) is 15.6. The van der Waals surface area contributed by atoms with E-state index >= 15 is 0 Å². The minimum atomic E-state index is -1.23. The third-order valence-electron chi connectivity index (χ3n) is 3.44. The Morgan fingerprint density at radius 1 is 1.19 bits per heavy atom. The summed E-state index contributed by atoms with van der Waals surface area (Å²) in [6.45, 7) is 0.00837. The standard InChI is InChI=1S/C14H16O7/c1-18-9-4-7(5-10(19-2)12(9)20-3)8-6-21-14(17)11(8)13(15)16/h4-5,8,11H,6H2,1-3H3,(H,15,16)/t8-,11-/m1/s1. The summed E-state index contributed by atoms with van der Waals surface area (Å²) in [5.74, 6) is -2.57. The summed E-state index contributed by atoms with van der Waals surface area (Å²) in [5, 5.41) is 9.18. The molecular weight excluding hydrogens is 280 g/mol. The molecule has 1 heterocycles. The number of ether oxygens (including phenoxy) is 4. The molecule has 0 aliphatic carbocycles. The molecule has 7 nitrogen and oxygen atoms in total. The van der Waals surface area contributed by atoms with Crippen molar-refractivity contribution < 1.29 is 33.6 Å². The van der Waals surface area contributed by atoms with Crippen molar-refractivity contribution in [3.63, 3.8) is 0 Å². The molecule has 1 saturated heterocycles. The smallest absolute Gasteiger partial charge is 0.321 e. The average molecular weight is 296 g/mol. The van der Waals surface area contributed by atoms with E-state index in [4.69, 9.17) is 18.9 Å². The quantitative estimate of drug-likeness (QED) is 0.641. The number of hydrogen-bond acceptors (Lipinski definition) is 6. The van der Waals surface area contributed by atoms with Gasteiger partial charge < -0.3 is 24.1 Å². The van der Waals surface area contributed by atoms with Gasteiger partial charge in [0.1, 0.15) is 0 Å². The van der Waals surface area contributed by atoms with Crippen LogP contribution in [0.2, 0.25) is 0 Å². The van der Waals surface area contributed by atoms with Gasteiger partial charge in [0.25, 0.3) is 0 Å². The second-order valence-electron chi connectivity index (χ2n) is 4.51. The van der Waals surface area contributed by atoms with Crippen LogP contribution in [0.5, 0.6) is 17.2 Å². The number of carboxylic acid groups (broad SMARTS) is 1. The minimum Gasteiger partial charge on any atom is -0.493 e. The molecule has 2 atom stereocenters. The van der Waals surface area contributed by atoms with Gasteiger partial charge in [-0.2, -0.15) is 0 Å². The molecular formula is C14H16O7. The molecule has 1 N–H and O–H groups in total. The van der Waals surface area contributed by atoms with E-state index < -0.39 is 23.8 Å². The highest BCUT2D eigenvalue weighted by molar-refractivity contribution is 5.96. The Balaban J connectivity index is 2.49. The lowest BCUT2D eigenvalue weighted by atomic mass is 9.88. The SMILES string of the molecule is COc1cc([C@H]2COC(=O)[C@H]2C(=O)O)cc(OC)c1OC. The van der Waals surface area contributed by atoms with Gasteiger partial charge in [0.05, 0.1) is 27.9 Å². The van der Waals surface area contributed by atoms with Crippen molar-refractivity contribution in [2.45, 2.75) is 5.92 Å². The van der Waals surface area contributed by atoms with Crippen LogP contribution in [0.1, 0.15) is 11.5 Å². The lowest BCUT2D eigenvalue weighted by Gasteiger charge is -2.17. The topological polar surface area (TPSA) is 91.3 Å². The minimum absolute atomic E-state index is 0.00837. The Kier molecular flexibility index (Phi) is 4.21. The van der Waals surface area contributed by atoms with E-state index in [0.717, 1.165) is 0 Å². The fraction of sp³-hybridized carbons (Fsp3) is 0.429. The Morgan fingerprint density at radius 2 is 1.76 bits per heavy atom.